The highest BCUT2D eigenvalue weighted by atomic mass is 35.5. The van der Waals surface area contributed by atoms with Crippen LogP contribution in [0.25, 0.3) is 0 Å². The van der Waals surface area contributed by atoms with Gasteiger partial charge in [0.2, 0.25) is 0 Å². The van der Waals surface area contributed by atoms with E-state index in [1.54, 1.807) is 0 Å². The van der Waals surface area contributed by atoms with E-state index in [1.165, 1.54) is 44.5 Å². The molecule has 0 amide bonds. The molecule has 0 unspecified atom stereocenters. The molecular formula is C19H29ClN2O. The summed E-state index contributed by atoms with van der Waals surface area (Å²) in [6.45, 7) is 7.83. The molecule has 0 saturated carbocycles. The minimum atomic E-state index is 0.437. The zero-order valence-electron chi connectivity index (χ0n) is 14.1. The molecule has 2 atom stereocenters. The first kappa shape index (κ1) is 17.2. The zero-order chi connectivity index (χ0) is 16.1. The Balaban J connectivity index is 1.46. The summed E-state index contributed by atoms with van der Waals surface area (Å²) in [4.78, 5) is 2.63. The Morgan fingerprint density at radius 3 is 2.57 bits per heavy atom. The second-order valence-corrected chi connectivity index (χ2v) is 7.42. The van der Waals surface area contributed by atoms with Crippen LogP contribution < -0.4 is 5.32 Å². The van der Waals surface area contributed by atoms with Gasteiger partial charge in [0.1, 0.15) is 0 Å². The molecule has 0 radical (unpaired) electrons. The van der Waals surface area contributed by atoms with Crippen LogP contribution in [0.15, 0.2) is 24.3 Å². The van der Waals surface area contributed by atoms with Gasteiger partial charge in [-0.2, -0.15) is 0 Å². The maximum Gasteiger partial charge on any atom is 0.0507 e. The fourth-order valence-electron chi connectivity index (χ4n) is 3.80. The van der Waals surface area contributed by atoms with Gasteiger partial charge in [-0.3, -0.25) is 0 Å². The summed E-state index contributed by atoms with van der Waals surface area (Å²) >= 11 is 6.00. The van der Waals surface area contributed by atoms with Gasteiger partial charge in [0.05, 0.1) is 6.61 Å². The third-order valence-electron chi connectivity index (χ3n) is 5.25. The molecule has 3 rings (SSSR count). The van der Waals surface area contributed by atoms with Crippen LogP contribution in [0.3, 0.4) is 0 Å². The molecule has 0 aliphatic carbocycles. The summed E-state index contributed by atoms with van der Waals surface area (Å²) in [7, 11) is 0. The maximum atomic E-state index is 6.00. The van der Waals surface area contributed by atoms with Gasteiger partial charge in [-0.15, -0.1) is 0 Å². The third-order valence-corrected chi connectivity index (χ3v) is 5.50. The van der Waals surface area contributed by atoms with Gasteiger partial charge >= 0.3 is 0 Å². The number of halogens is 1. The Hall–Kier alpha value is -0.610. The first-order valence-electron chi connectivity index (χ1n) is 9.06. The number of likely N-dealkylation sites (tertiary alicyclic amines) is 1. The van der Waals surface area contributed by atoms with E-state index < -0.39 is 0 Å². The molecule has 2 aliphatic heterocycles. The Morgan fingerprint density at radius 1 is 1.22 bits per heavy atom. The first-order chi connectivity index (χ1) is 11.2. The molecule has 2 saturated heterocycles. The van der Waals surface area contributed by atoms with E-state index in [0.717, 1.165) is 30.6 Å². The van der Waals surface area contributed by atoms with Gasteiger partial charge in [0.15, 0.2) is 0 Å². The molecule has 0 aromatic heterocycles. The highest BCUT2D eigenvalue weighted by Gasteiger charge is 2.25. The van der Waals surface area contributed by atoms with Crippen LogP contribution in [0.1, 0.15) is 44.2 Å². The summed E-state index contributed by atoms with van der Waals surface area (Å²) in [6, 6.07) is 9.36. The van der Waals surface area contributed by atoms with Crippen LogP contribution in [0, 0.1) is 5.92 Å². The molecule has 1 aromatic carbocycles. The molecular weight excluding hydrogens is 308 g/mol. The standard InChI is InChI=1S/C19H29ClN2O/c1-2-19(16-3-5-17(20)6-4-16)21-18-7-10-22(11-8-18)13-15-9-12-23-14-15/h3-6,15,18-19,21H,2,7-14H2,1H3/t15-,19-/m1/s1. The van der Waals surface area contributed by atoms with E-state index in [4.69, 9.17) is 16.3 Å². The summed E-state index contributed by atoms with van der Waals surface area (Å²) < 4.78 is 5.50. The Morgan fingerprint density at radius 2 is 1.96 bits per heavy atom. The summed E-state index contributed by atoms with van der Waals surface area (Å²) in [6.07, 6.45) is 4.85. The predicted octanol–water partition coefficient (Wildman–Crippen LogP) is 3.88. The number of benzene rings is 1. The lowest BCUT2D eigenvalue weighted by Gasteiger charge is -2.35. The van der Waals surface area contributed by atoms with Crippen LogP contribution >= 0.6 is 11.6 Å². The average Bonchev–Trinajstić information content (AvgIpc) is 3.08. The number of nitrogens with one attached hydrogen (secondary N) is 1. The molecule has 0 bridgehead atoms. The summed E-state index contributed by atoms with van der Waals surface area (Å²) in [5.74, 6) is 0.761. The van der Waals surface area contributed by atoms with Crippen LogP contribution in [0.4, 0.5) is 0 Å². The van der Waals surface area contributed by atoms with E-state index in [9.17, 15) is 0 Å². The van der Waals surface area contributed by atoms with Crippen molar-refractivity contribution in [1.29, 1.82) is 0 Å². The van der Waals surface area contributed by atoms with Gasteiger partial charge in [0, 0.05) is 30.3 Å². The largest absolute Gasteiger partial charge is 0.381 e. The van der Waals surface area contributed by atoms with Gasteiger partial charge in [-0.1, -0.05) is 30.7 Å². The van der Waals surface area contributed by atoms with Gasteiger partial charge in [-0.05, 0) is 62.4 Å². The molecule has 2 heterocycles. The number of nitrogens with zero attached hydrogens (tertiary/aromatic N) is 1. The molecule has 1 N–H and O–H groups in total. The number of hydrogen-bond donors (Lipinski definition) is 1. The molecule has 3 nitrogen and oxygen atoms in total. The van der Waals surface area contributed by atoms with Crippen molar-refractivity contribution < 1.29 is 4.74 Å². The average molecular weight is 337 g/mol. The first-order valence-corrected chi connectivity index (χ1v) is 9.44. The maximum absolute atomic E-state index is 6.00. The van der Waals surface area contributed by atoms with Crippen LogP contribution in [0.2, 0.25) is 5.02 Å². The van der Waals surface area contributed by atoms with E-state index in [0.29, 0.717) is 12.1 Å². The Kier molecular flexibility index (Phi) is 6.35. The minimum Gasteiger partial charge on any atom is -0.381 e. The molecule has 23 heavy (non-hydrogen) atoms. The van der Waals surface area contributed by atoms with Gasteiger partial charge in [0.25, 0.3) is 0 Å². The topological polar surface area (TPSA) is 24.5 Å². The minimum absolute atomic E-state index is 0.437. The zero-order valence-corrected chi connectivity index (χ0v) is 14.9. The molecule has 128 valence electrons. The van der Waals surface area contributed by atoms with Crippen LogP contribution in [-0.2, 0) is 4.74 Å². The third kappa shape index (κ3) is 4.93. The lowest BCUT2D eigenvalue weighted by atomic mass is 9.98. The van der Waals surface area contributed by atoms with Gasteiger partial charge < -0.3 is 15.0 Å². The van der Waals surface area contributed by atoms with E-state index >= 15 is 0 Å². The number of rotatable bonds is 6. The fraction of sp³-hybridized carbons (Fsp3) is 0.684. The van der Waals surface area contributed by atoms with Crippen molar-refractivity contribution >= 4 is 11.6 Å². The summed E-state index contributed by atoms with van der Waals surface area (Å²) in [5.41, 5.74) is 1.35. The van der Waals surface area contributed by atoms with Crippen molar-refractivity contribution in [1.82, 2.24) is 10.2 Å². The lowest BCUT2D eigenvalue weighted by Crippen LogP contribution is -2.45. The molecule has 1 aromatic rings. The monoisotopic (exact) mass is 336 g/mol. The van der Waals surface area contributed by atoms with Crippen molar-refractivity contribution in [2.45, 2.75) is 44.7 Å². The Bertz CT molecular complexity index is 465. The number of ether oxygens (including phenoxy) is 1. The molecule has 0 spiro atoms. The van der Waals surface area contributed by atoms with Crippen LogP contribution in [-0.4, -0.2) is 43.8 Å². The predicted molar refractivity (Wildman–Crippen MR) is 96.0 cm³/mol. The lowest BCUT2D eigenvalue weighted by molar-refractivity contribution is 0.145. The normalized spacial score (nSPS) is 24.9. The van der Waals surface area contributed by atoms with Crippen LogP contribution in [0.5, 0.6) is 0 Å². The second-order valence-electron chi connectivity index (χ2n) is 6.98. The molecule has 4 heteroatoms. The fourth-order valence-corrected chi connectivity index (χ4v) is 3.93. The number of piperidine rings is 1. The SMILES string of the molecule is CC[C@@H](NC1CCN(C[C@H]2CCOC2)CC1)c1ccc(Cl)cc1. The molecule has 2 aliphatic rings. The highest BCUT2D eigenvalue weighted by Crippen LogP contribution is 2.23. The Labute approximate surface area is 145 Å². The van der Waals surface area contributed by atoms with E-state index in [2.05, 4.69) is 29.3 Å². The smallest absolute Gasteiger partial charge is 0.0507 e. The quantitative estimate of drug-likeness (QED) is 0.853. The number of hydrogen-bond acceptors (Lipinski definition) is 3. The molecule has 2 fully saturated rings. The van der Waals surface area contributed by atoms with E-state index in [1.807, 2.05) is 12.1 Å². The van der Waals surface area contributed by atoms with Crippen molar-refractivity contribution in [2.24, 2.45) is 5.92 Å². The highest BCUT2D eigenvalue weighted by molar-refractivity contribution is 6.30. The van der Waals surface area contributed by atoms with Gasteiger partial charge in [-0.25, -0.2) is 0 Å². The van der Waals surface area contributed by atoms with Crippen molar-refractivity contribution in [2.75, 3.05) is 32.8 Å². The van der Waals surface area contributed by atoms with Crippen molar-refractivity contribution in [3.8, 4) is 0 Å². The van der Waals surface area contributed by atoms with E-state index in [-0.39, 0.29) is 0 Å². The van der Waals surface area contributed by atoms with Crippen molar-refractivity contribution in [3.63, 3.8) is 0 Å². The summed E-state index contributed by atoms with van der Waals surface area (Å²) in [5, 5.41) is 4.67. The van der Waals surface area contributed by atoms with Crippen molar-refractivity contribution in [3.05, 3.63) is 34.9 Å². The second kappa shape index (κ2) is 8.48.